The van der Waals surface area contributed by atoms with E-state index in [1.807, 2.05) is 18.2 Å². The lowest BCUT2D eigenvalue weighted by Crippen LogP contribution is -2.49. The van der Waals surface area contributed by atoms with Crippen LogP contribution < -0.4 is 14.4 Å². The van der Waals surface area contributed by atoms with Crippen molar-refractivity contribution in [1.29, 1.82) is 0 Å². The Balaban J connectivity index is 1.29. The molecule has 0 saturated heterocycles. The Morgan fingerprint density at radius 3 is 2.85 bits per heavy atom. The van der Waals surface area contributed by atoms with Crippen LogP contribution in [-0.2, 0) is 26.6 Å². The Morgan fingerprint density at radius 2 is 2.09 bits per heavy atom. The minimum Gasteiger partial charge on any atom is -0.490 e. The van der Waals surface area contributed by atoms with Crippen LogP contribution >= 0.6 is 22.9 Å². The molecule has 6 atom stereocenters. The summed E-state index contributed by atoms with van der Waals surface area (Å²) >= 11 is 7.60. The first kappa shape index (κ1) is 32.6. The topological polar surface area (TPSA) is 118 Å². The van der Waals surface area contributed by atoms with Gasteiger partial charge >= 0.3 is 0 Å². The third-order valence-corrected chi connectivity index (χ3v) is 13.4. The third-order valence-electron chi connectivity index (χ3n) is 10.6. The number of aryl methyl sites for hydroxylation is 1. The predicted octanol–water partition coefficient (Wildman–Crippen LogP) is 5.82. The number of hydrogen-bond acceptors (Lipinski definition) is 9. The summed E-state index contributed by atoms with van der Waals surface area (Å²) in [6, 6.07) is 11.3. The molecule has 47 heavy (non-hydrogen) atoms. The lowest BCUT2D eigenvalue weighted by atomic mass is 9.68. The van der Waals surface area contributed by atoms with Crippen molar-refractivity contribution in [1.82, 2.24) is 9.71 Å². The van der Waals surface area contributed by atoms with Gasteiger partial charge in [-0.25, -0.2) is 18.1 Å². The normalized spacial score (nSPS) is 30.1. The van der Waals surface area contributed by atoms with Gasteiger partial charge in [-0.1, -0.05) is 29.8 Å². The second kappa shape index (κ2) is 13.2. The number of anilines is 1. The number of ether oxygens (including phenoxy) is 2. The van der Waals surface area contributed by atoms with Gasteiger partial charge in [-0.05, 0) is 98.2 Å². The van der Waals surface area contributed by atoms with Crippen LogP contribution in [0.1, 0.15) is 71.1 Å². The van der Waals surface area contributed by atoms with Crippen LogP contribution in [0, 0.1) is 11.8 Å². The monoisotopic (exact) mass is 697 g/mol. The van der Waals surface area contributed by atoms with E-state index in [9.17, 15) is 18.3 Å². The Labute approximate surface area is 285 Å². The van der Waals surface area contributed by atoms with Crippen LogP contribution in [0.15, 0.2) is 60.1 Å². The number of hydrogen-bond donors (Lipinski definition) is 2. The van der Waals surface area contributed by atoms with Crippen LogP contribution in [-0.4, -0.2) is 62.6 Å². The number of allylic oxidation sites excluding steroid dienone is 1. The molecule has 2 bridgehead atoms. The van der Waals surface area contributed by atoms with E-state index in [1.54, 1.807) is 30.7 Å². The highest BCUT2D eigenvalue weighted by molar-refractivity contribution is 7.90. The molecule has 1 aromatic heterocycles. The predicted molar refractivity (Wildman–Crippen MR) is 183 cm³/mol. The average molecular weight is 698 g/mol. The Bertz CT molecular complexity index is 1770. The van der Waals surface area contributed by atoms with E-state index in [0.29, 0.717) is 31.2 Å². The second-order valence-corrected chi connectivity index (χ2v) is 16.6. The highest BCUT2D eigenvalue weighted by Gasteiger charge is 2.45. The number of thiazole rings is 1. The first-order valence-electron chi connectivity index (χ1n) is 16.3. The third kappa shape index (κ3) is 6.33. The average Bonchev–Trinajstić information content (AvgIpc) is 3.54. The summed E-state index contributed by atoms with van der Waals surface area (Å²) in [7, 11) is -2.59. The number of sulfonamides is 1. The van der Waals surface area contributed by atoms with Crippen molar-refractivity contribution in [2.75, 3.05) is 31.7 Å². The van der Waals surface area contributed by atoms with Crippen molar-refractivity contribution < 1.29 is 27.8 Å². The van der Waals surface area contributed by atoms with E-state index in [0.717, 1.165) is 49.4 Å². The summed E-state index contributed by atoms with van der Waals surface area (Å²) in [5.41, 5.74) is 3.21. The number of amides is 1. The second-order valence-electron chi connectivity index (χ2n) is 13.3. The minimum atomic E-state index is -4.31. The molecule has 2 aliphatic heterocycles. The zero-order chi connectivity index (χ0) is 32.8. The molecule has 1 spiro atoms. The quantitative estimate of drug-likeness (QED) is 0.329. The maximum Gasteiger partial charge on any atom is 0.264 e. The molecule has 1 amide bonds. The van der Waals surface area contributed by atoms with E-state index in [1.165, 1.54) is 28.7 Å². The molecule has 9 nitrogen and oxygen atoms in total. The van der Waals surface area contributed by atoms with Crippen LogP contribution in [0.3, 0.4) is 0 Å². The molecule has 7 rings (SSSR count). The zero-order valence-electron chi connectivity index (χ0n) is 26.3. The van der Waals surface area contributed by atoms with Gasteiger partial charge < -0.3 is 19.5 Å². The number of aliphatic hydroxyl groups is 1. The van der Waals surface area contributed by atoms with Gasteiger partial charge in [0.25, 0.3) is 5.91 Å². The summed E-state index contributed by atoms with van der Waals surface area (Å²) in [6.45, 7) is 1.93. The molecule has 0 unspecified atom stereocenters. The number of methoxy groups -OCH3 is 1. The lowest BCUT2D eigenvalue weighted by molar-refractivity contribution is 0.0131. The number of carbonyl (C=O) groups excluding carboxylic acids is 1. The van der Waals surface area contributed by atoms with E-state index in [2.05, 4.69) is 26.7 Å². The van der Waals surface area contributed by atoms with E-state index in [4.69, 9.17) is 21.1 Å². The summed E-state index contributed by atoms with van der Waals surface area (Å²) in [6.07, 6.45) is 9.49. The maximum atomic E-state index is 13.7. The molecule has 0 radical (unpaired) electrons. The van der Waals surface area contributed by atoms with Gasteiger partial charge in [-0.15, -0.1) is 11.3 Å². The number of carbonyl (C=O) groups is 1. The lowest BCUT2D eigenvalue weighted by Gasteiger charge is -2.46. The molecule has 3 heterocycles. The number of aliphatic hydroxyl groups excluding tert-OH is 1. The highest BCUT2D eigenvalue weighted by Crippen LogP contribution is 2.47. The number of rotatable bonds is 3. The minimum absolute atomic E-state index is 0.102. The summed E-state index contributed by atoms with van der Waals surface area (Å²) in [5.74, 6) is 0.562. The number of aromatic nitrogens is 1. The fourth-order valence-corrected chi connectivity index (χ4v) is 10.4. The van der Waals surface area contributed by atoms with Crippen molar-refractivity contribution >= 4 is 44.6 Å². The molecule has 12 heteroatoms. The molecular formula is C35H40ClN3O6S2. The molecule has 2 aromatic carbocycles. The number of nitrogens with zero attached hydrogens (tertiary/aromatic N) is 2. The fraction of sp³-hybridized carbons (Fsp3) is 0.486. The molecule has 4 aliphatic rings. The zero-order valence-corrected chi connectivity index (χ0v) is 28.7. The molecule has 1 fully saturated rings. The largest absolute Gasteiger partial charge is 0.490 e. The smallest absolute Gasteiger partial charge is 0.264 e. The van der Waals surface area contributed by atoms with Crippen LogP contribution in [0.4, 0.5) is 5.69 Å². The van der Waals surface area contributed by atoms with Crippen LogP contribution in [0.5, 0.6) is 5.75 Å². The summed E-state index contributed by atoms with van der Waals surface area (Å²) < 4.78 is 42.3. The molecule has 1 saturated carbocycles. The number of halogens is 1. The van der Waals surface area contributed by atoms with Gasteiger partial charge in [0.05, 0.1) is 18.4 Å². The van der Waals surface area contributed by atoms with Crippen molar-refractivity contribution in [2.24, 2.45) is 11.8 Å². The first-order chi connectivity index (χ1) is 22.7. The van der Waals surface area contributed by atoms with Gasteiger partial charge in [0.15, 0.2) is 0 Å². The van der Waals surface area contributed by atoms with Crippen molar-refractivity contribution in [3.63, 3.8) is 0 Å². The van der Waals surface area contributed by atoms with Crippen LogP contribution in [0.25, 0.3) is 0 Å². The summed E-state index contributed by atoms with van der Waals surface area (Å²) in [5, 5.41) is 12.6. The van der Waals surface area contributed by atoms with Crippen molar-refractivity contribution in [2.45, 2.75) is 67.8 Å². The molecule has 3 aromatic rings. The van der Waals surface area contributed by atoms with Gasteiger partial charge in [0, 0.05) is 47.8 Å². The Hall–Kier alpha value is -2.96. The van der Waals surface area contributed by atoms with Gasteiger partial charge in [-0.3, -0.25) is 4.79 Å². The van der Waals surface area contributed by atoms with Gasteiger partial charge in [-0.2, -0.15) is 0 Å². The SMILES string of the molecule is CO[C@H]1/C=C\CC[C@H]([C@H](O)c2nccs2)S(=O)(=O)NC(=O)c2ccc3c(c2)N(C[C@@H]2CC[C@H]21)C[C@@]1(CCCc2cc(Cl)ccc21)CO3. The van der Waals surface area contributed by atoms with E-state index < -0.39 is 27.3 Å². The molecular weight excluding hydrogens is 658 g/mol. The van der Waals surface area contributed by atoms with Crippen molar-refractivity contribution in [3.05, 3.63) is 86.8 Å². The first-order valence-corrected chi connectivity index (χ1v) is 19.1. The summed E-state index contributed by atoms with van der Waals surface area (Å²) in [4.78, 5) is 20.2. The highest BCUT2D eigenvalue weighted by atomic mass is 35.5. The molecule has 250 valence electrons. The van der Waals surface area contributed by atoms with E-state index >= 15 is 0 Å². The fourth-order valence-electron chi connectivity index (χ4n) is 7.97. The Morgan fingerprint density at radius 1 is 1.21 bits per heavy atom. The van der Waals surface area contributed by atoms with Gasteiger partial charge in [0.1, 0.15) is 22.1 Å². The molecule has 2 aliphatic carbocycles. The maximum absolute atomic E-state index is 13.7. The Kier molecular flexibility index (Phi) is 9.12. The number of nitrogens with one attached hydrogen (secondary N) is 1. The number of benzene rings is 2. The van der Waals surface area contributed by atoms with Gasteiger partial charge in [0.2, 0.25) is 10.0 Å². The number of fused-ring (bicyclic) bond motifs is 4. The standard InChI is InChI=1S/C35H40ClN3O6S2/c1-44-29-6-2-3-7-31(32(40)34-37-15-16-46-34)47(42,43)38-33(41)23-9-13-30-28(18-23)39(19-24-8-11-26(24)29)20-35(21-45-30)14-4-5-22-17-25(36)10-12-27(22)35/h2,6,9-10,12-13,15-18,24,26,29,31-32,40H,3-5,7-8,11,14,19-21H2,1H3,(H,38,41)/b6-2-/t24-,26+,29-,31+,32-,35-/m0/s1. The molecule has 2 N–H and O–H groups in total. The van der Waals surface area contributed by atoms with Crippen molar-refractivity contribution in [3.8, 4) is 5.75 Å². The van der Waals surface area contributed by atoms with Crippen LogP contribution in [0.2, 0.25) is 5.02 Å². The van der Waals surface area contributed by atoms with E-state index in [-0.39, 0.29) is 34.4 Å².